The molecule has 0 fully saturated rings. The number of carbonyl (C=O) groups is 1. The lowest BCUT2D eigenvalue weighted by molar-refractivity contribution is 0.102. The molecule has 0 aliphatic carbocycles. The molecule has 0 spiro atoms. The molecule has 0 aliphatic rings. The number of benzene rings is 2. The number of carbonyl (C=O) groups excluding carboxylic acids is 1. The first-order valence-corrected chi connectivity index (χ1v) is 8.42. The zero-order valence-corrected chi connectivity index (χ0v) is 14.0. The van der Waals surface area contributed by atoms with Gasteiger partial charge >= 0.3 is 0 Å². The molecule has 124 valence electrons. The Kier molecular flexibility index (Phi) is 3.77. The quantitative estimate of drug-likeness (QED) is 0.574. The van der Waals surface area contributed by atoms with Crippen molar-refractivity contribution in [2.75, 3.05) is 5.32 Å². The molecule has 0 aliphatic heterocycles. The zero-order valence-electron chi connectivity index (χ0n) is 13.2. The highest BCUT2D eigenvalue weighted by molar-refractivity contribution is 7.15. The lowest BCUT2D eigenvalue weighted by Gasteiger charge is -1.99. The molecule has 0 bridgehead atoms. The molecule has 2 N–H and O–H groups in total. The number of rotatable bonds is 3. The van der Waals surface area contributed by atoms with Gasteiger partial charge in [-0.25, -0.2) is 14.4 Å². The van der Waals surface area contributed by atoms with Gasteiger partial charge < -0.3 is 4.98 Å². The Morgan fingerprint density at radius 1 is 1.12 bits per heavy atom. The van der Waals surface area contributed by atoms with Crippen LogP contribution in [0.15, 0.2) is 48.5 Å². The Bertz CT molecular complexity index is 1050. The predicted molar refractivity (Wildman–Crippen MR) is 96.3 cm³/mol. The van der Waals surface area contributed by atoms with Crippen molar-refractivity contribution < 1.29 is 9.18 Å². The third-order valence-electron chi connectivity index (χ3n) is 3.74. The number of fused-ring (bicyclic) bond motifs is 1. The van der Waals surface area contributed by atoms with Crippen LogP contribution in [0.2, 0.25) is 0 Å². The largest absolute Gasteiger partial charge is 0.324 e. The third-order valence-corrected chi connectivity index (χ3v) is 4.74. The fourth-order valence-corrected chi connectivity index (χ4v) is 3.47. The fraction of sp³-hybridized carbons (Fsp3) is 0.0556. The second kappa shape index (κ2) is 6.10. The van der Waals surface area contributed by atoms with Crippen LogP contribution in [0, 0.1) is 12.7 Å². The standard InChI is InChI=1S/C18H13FN4OS/c1-10-15(22-17(25-10)11-6-2-3-7-12(11)19)16(24)23-18-20-13-8-4-5-9-14(13)21-18/h2-9H,1H3,(H2,20,21,23,24). The summed E-state index contributed by atoms with van der Waals surface area (Å²) in [7, 11) is 0. The Hall–Kier alpha value is -3.06. The maximum absolute atomic E-state index is 13.9. The lowest BCUT2D eigenvalue weighted by Crippen LogP contribution is -2.14. The molecule has 0 saturated heterocycles. The highest BCUT2D eigenvalue weighted by Crippen LogP contribution is 2.29. The number of imidazole rings is 1. The predicted octanol–water partition coefficient (Wildman–Crippen LogP) is 4.39. The van der Waals surface area contributed by atoms with Crippen LogP contribution < -0.4 is 5.32 Å². The maximum atomic E-state index is 13.9. The number of aromatic amines is 1. The number of H-pyrrole nitrogens is 1. The smallest absolute Gasteiger partial charge is 0.277 e. The first-order valence-electron chi connectivity index (χ1n) is 7.60. The third kappa shape index (κ3) is 2.89. The van der Waals surface area contributed by atoms with E-state index < -0.39 is 0 Å². The maximum Gasteiger partial charge on any atom is 0.277 e. The summed E-state index contributed by atoms with van der Waals surface area (Å²) >= 11 is 1.28. The molecule has 0 radical (unpaired) electrons. The van der Waals surface area contributed by atoms with Crippen molar-refractivity contribution in [2.24, 2.45) is 0 Å². The van der Waals surface area contributed by atoms with Gasteiger partial charge in [0.05, 0.1) is 11.0 Å². The van der Waals surface area contributed by atoms with Gasteiger partial charge in [0.2, 0.25) is 5.95 Å². The first-order chi connectivity index (χ1) is 12.1. The molecule has 2 aromatic carbocycles. The Morgan fingerprint density at radius 3 is 2.68 bits per heavy atom. The van der Waals surface area contributed by atoms with Crippen LogP contribution in [0.5, 0.6) is 0 Å². The molecule has 7 heteroatoms. The number of aromatic nitrogens is 3. The van der Waals surface area contributed by atoms with E-state index in [1.807, 2.05) is 24.3 Å². The lowest BCUT2D eigenvalue weighted by atomic mass is 10.2. The van der Waals surface area contributed by atoms with Crippen molar-refractivity contribution >= 4 is 34.2 Å². The number of para-hydroxylation sites is 2. The highest BCUT2D eigenvalue weighted by Gasteiger charge is 2.19. The van der Waals surface area contributed by atoms with Crippen LogP contribution in [-0.2, 0) is 0 Å². The average molecular weight is 352 g/mol. The van der Waals surface area contributed by atoms with E-state index in [2.05, 4.69) is 20.3 Å². The summed E-state index contributed by atoms with van der Waals surface area (Å²) in [6.07, 6.45) is 0. The molecule has 0 unspecified atom stereocenters. The number of nitrogens with one attached hydrogen (secondary N) is 2. The van der Waals surface area contributed by atoms with E-state index in [-0.39, 0.29) is 17.4 Å². The van der Waals surface area contributed by atoms with E-state index in [4.69, 9.17) is 0 Å². The van der Waals surface area contributed by atoms with Gasteiger partial charge in [-0.2, -0.15) is 0 Å². The normalized spacial score (nSPS) is 11.0. The second-order valence-electron chi connectivity index (χ2n) is 5.46. The minimum Gasteiger partial charge on any atom is -0.324 e. The minimum absolute atomic E-state index is 0.267. The van der Waals surface area contributed by atoms with Crippen molar-refractivity contribution in [2.45, 2.75) is 6.92 Å². The Morgan fingerprint density at radius 2 is 1.88 bits per heavy atom. The molecule has 2 aromatic heterocycles. The van der Waals surface area contributed by atoms with E-state index in [0.29, 0.717) is 21.4 Å². The van der Waals surface area contributed by atoms with Gasteiger partial charge in [0.1, 0.15) is 16.5 Å². The average Bonchev–Trinajstić information content (AvgIpc) is 3.18. The van der Waals surface area contributed by atoms with E-state index in [9.17, 15) is 9.18 Å². The van der Waals surface area contributed by atoms with E-state index in [1.165, 1.54) is 17.4 Å². The fourth-order valence-electron chi connectivity index (χ4n) is 2.54. The molecule has 4 rings (SSSR count). The van der Waals surface area contributed by atoms with Crippen molar-refractivity contribution in [3.63, 3.8) is 0 Å². The summed E-state index contributed by atoms with van der Waals surface area (Å²) in [5, 5.41) is 3.19. The number of aryl methyl sites for hydroxylation is 1. The van der Waals surface area contributed by atoms with Crippen molar-refractivity contribution in [1.29, 1.82) is 0 Å². The molecule has 1 amide bonds. The summed E-state index contributed by atoms with van der Waals surface area (Å²) in [5.41, 5.74) is 2.25. The zero-order chi connectivity index (χ0) is 17.4. The van der Waals surface area contributed by atoms with Crippen LogP contribution in [0.1, 0.15) is 15.4 Å². The van der Waals surface area contributed by atoms with Gasteiger partial charge in [-0.05, 0) is 31.2 Å². The summed E-state index contributed by atoms with van der Waals surface area (Å²) in [4.78, 5) is 24.9. The molecular formula is C18H13FN4OS. The van der Waals surface area contributed by atoms with Crippen molar-refractivity contribution in [3.8, 4) is 10.6 Å². The summed E-state index contributed by atoms with van der Waals surface area (Å²) in [5.74, 6) is -0.387. The monoisotopic (exact) mass is 352 g/mol. The number of halogens is 1. The van der Waals surface area contributed by atoms with Gasteiger partial charge in [0, 0.05) is 10.4 Å². The SMILES string of the molecule is Cc1sc(-c2ccccc2F)nc1C(=O)Nc1nc2ccccc2[nH]1. The summed E-state index contributed by atoms with van der Waals surface area (Å²) in [6, 6.07) is 13.9. The minimum atomic E-state index is -0.379. The van der Waals surface area contributed by atoms with Gasteiger partial charge in [0.15, 0.2) is 0 Å². The summed E-state index contributed by atoms with van der Waals surface area (Å²) in [6.45, 7) is 1.79. The molecule has 0 atom stereocenters. The van der Waals surface area contributed by atoms with Crippen molar-refractivity contribution in [1.82, 2.24) is 15.0 Å². The number of hydrogen-bond acceptors (Lipinski definition) is 4. The van der Waals surface area contributed by atoms with E-state index >= 15 is 0 Å². The Labute approximate surface area is 146 Å². The van der Waals surface area contributed by atoms with Gasteiger partial charge in [0.25, 0.3) is 5.91 Å². The number of amides is 1. The number of thiazole rings is 1. The van der Waals surface area contributed by atoms with Crippen LogP contribution >= 0.6 is 11.3 Å². The second-order valence-corrected chi connectivity index (χ2v) is 6.66. The number of hydrogen-bond donors (Lipinski definition) is 2. The molecule has 4 aromatic rings. The van der Waals surface area contributed by atoms with Crippen LogP contribution in [0.3, 0.4) is 0 Å². The molecular weight excluding hydrogens is 339 g/mol. The van der Waals surface area contributed by atoms with Crippen LogP contribution in [0.25, 0.3) is 21.6 Å². The highest BCUT2D eigenvalue weighted by atomic mass is 32.1. The summed E-state index contributed by atoms with van der Waals surface area (Å²) < 4.78 is 13.9. The Balaban J connectivity index is 1.63. The number of anilines is 1. The topological polar surface area (TPSA) is 70.7 Å². The van der Waals surface area contributed by atoms with Gasteiger partial charge in [-0.15, -0.1) is 11.3 Å². The van der Waals surface area contributed by atoms with Crippen LogP contribution in [0.4, 0.5) is 10.3 Å². The van der Waals surface area contributed by atoms with E-state index in [0.717, 1.165) is 11.0 Å². The van der Waals surface area contributed by atoms with Crippen molar-refractivity contribution in [3.05, 3.63) is 64.9 Å². The van der Waals surface area contributed by atoms with E-state index in [1.54, 1.807) is 25.1 Å². The molecule has 25 heavy (non-hydrogen) atoms. The van der Waals surface area contributed by atoms with Crippen LogP contribution in [-0.4, -0.2) is 20.9 Å². The molecule has 2 heterocycles. The molecule has 0 saturated carbocycles. The molecule has 5 nitrogen and oxygen atoms in total. The number of nitrogens with zero attached hydrogens (tertiary/aromatic N) is 2. The van der Waals surface area contributed by atoms with Gasteiger partial charge in [-0.1, -0.05) is 24.3 Å². The van der Waals surface area contributed by atoms with Gasteiger partial charge in [-0.3, -0.25) is 10.1 Å². The first kappa shape index (κ1) is 15.5.